The van der Waals surface area contributed by atoms with Gasteiger partial charge in [0.2, 0.25) is 0 Å². The van der Waals surface area contributed by atoms with Crippen molar-refractivity contribution in [3.63, 3.8) is 0 Å². The SMILES string of the molecule is O=C(NC1CCN(Cc2ccc(Cl)cc2)CC1)c1cccc(-n2cnnn2)c1. The van der Waals surface area contributed by atoms with Crippen LogP contribution in [-0.2, 0) is 6.54 Å². The maximum absolute atomic E-state index is 12.6. The number of nitrogens with one attached hydrogen (secondary N) is 1. The predicted molar refractivity (Wildman–Crippen MR) is 106 cm³/mol. The summed E-state index contributed by atoms with van der Waals surface area (Å²) < 4.78 is 1.53. The Labute approximate surface area is 168 Å². The van der Waals surface area contributed by atoms with E-state index < -0.39 is 0 Å². The van der Waals surface area contributed by atoms with E-state index in [9.17, 15) is 4.79 Å². The maximum Gasteiger partial charge on any atom is 0.251 e. The minimum Gasteiger partial charge on any atom is -0.349 e. The lowest BCUT2D eigenvalue weighted by Crippen LogP contribution is -2.44. The van der Waals surface area contributed by atoms with E-state index in [1.54, 1.807) is 12.1 Å². The number of nitrogens with zero attached hydrogens (tertiary/aromatic N) is 5. The summed E-state index contributed by atoms with van der Waals surface area (Å²) in [4.78, 5) is 15.0. The molecule has 0 atom stereocenters. The topological polar surface area (TPSA) is 75.9 Å². The highest BCUT2D eigenvalue weighted by molar-refractivity contribution is 6.30. The predicted octanol–water partition coefficient (Wildman–Crippen LogP) is 2.71. The molecule has 0 aliphatic carbocycles. The van der Waals surface area contributed by atoms with Gasteiger partial charge >= 0.3 is 0 Å². The summed E-state index contributed by atoms with van der Waals surface area (Å²) in [7, 11) is 0. The Morgan fingerprint density at radius 3 is 2.64 bits per heavy atom. The van der Waals surface area contributed by atoms with Gasteiger partial charge in [0, 0.05) is 36.3 Å². The second-order valence-corrected chi connectivity index (χ2v) is 7.39. The molecule has 1 N–H and O–H groups in total. The molecule has 28 heavy (non-hydrogen) atoms. The molecule has 1 aliphatic heterocycles. The largest absolute Gasteiger partial charge is 0.349 e. The smallest absolute Gasteiger partial charge is 0.251 e. The minimum absolute atomic E-state index is 0.0638. The number of carbonyl (C=O) groups is 1. The summed E-state index contributed by atoms with van der Waals surface area (Å²) in [6.07, 6.45) is 3.38. The normalized spacial score (nSPS) is 15.5. The van der Waals surface area contributed by atoms with Crippen molar-refractivity contribution in [3.8, 4) is 5.69 Å². The second-order valence-electron chi connectivity index (χ2n) is 6.96. The number of likely N-dealkylation sites (tertiary alicyclic amines) is 1. The molecule has 0 radical (unpaired) electrons. The van der Waals surface area contributed by atoms with Crippen LogP contribution in [0.3, 0.4) is 0 Å². The molecule has 0 spiro atoms. The molecule has 2 heterocycles. The minimum atomic E-state index is -0.0638. The number of rotatable bonds is 5. The number of aromatic nitrogens is 4. The van der Waals surface area contributed by atoms with Crippen LogP contribution in [0.1, 0.15) is 28.8 Å². The molecule has 3 aromatic rings. The van der Waals surface area contributed by atoms with Crippen molar-refractivity contribution in [3.05, 3.63) is 71.0 Å². The van der Waals surface area contributed by atoms with Gasteiger partial charge in [-0.3, -0.25) is 9.69 Å². The van der Waals surface area contributed by atoms with Crippen molar-refractivity contribution in [2.45, 2.75) is 25.4 Å². The van der Waals surface area contributed by atoms with Crippen LogP contribution in [0.25, 0.3) is 5.69 Å². The van der Waals surface area contributed by atoms with Crippen LogP contribution in [-0.4, -0.2) is 50.1 Å². The lowest BCUT2D eigenvalue weighted by molar-refractivity contribution is 0.0909. The standard InChI is InChI=1S/C20H21ClN6O/c21-17-6-4-15(5-7-17)13-26-10-8-18(9-11-26)23-20(28)16-2-1-3-19(12-16)27-14-22-24-25-27/h1-7,12,14,18H,8-11,13H2,(H,23,28). The van der Waals surface area contributed by atoms with Gasteiger partial charge in [-0.1, -0.05) is 29.8 Å². The van der Waals surface area contributed by atoms with Crippen molar-refractivity contribution < 1.29 is 4.79 Å². The van der Waals surface area contributed by atoms with Crippen molar-refractivity contribution in [1.82, 2.24) is 30.4 Å². The number of benzene rings is 2. The first-order valence-corrected chi connectivity index (χ1v) is 9.66. The molecule has 2 aromatic carbocycles. The van der Waals surface area contributed by atoms with Crippen LogP contribution in [0.2, 0.25) is 5.02 Å². The molecule has 0 unspecified atom stereocenters. The maximum atomic E-state index is 12.6. The Hall–Kier alpha value is -2.77. The van der Waals surface area contributed by atoms with Crippen molar-refractivity contribution in [2.75, 3.05) is 13.1 Å². The number of amides is 1. The van der Waals surface area contributed by atoms with Crippen molar-refractivity contribution in [1.29, 1.82) is 0 Å². The quantitative estimate of drug-likeness (QED) is 0.717. The summed E-state index contributed by atoms with van der Waals surface area (Å²) in [6.45, 7) is 2.82. The van der Waals surface area contributed by atoms with Gasteiger partial charge < -0.3 is 5.32 Å². The zero-order valence-corrected chi connectivity index (χ0v) is 16.1. The van der Waals surface area contributed by atoms with Gasteiger partial charge in [-0.15, -0.1) is 5.10 Å². The molecule has 1 aliphatic rings. The van der Waals surface area contributed by atoms with Crippen LogP contribution in [0, 0.1) is 0 Å². The van der Waals surface area contributed by atoms with E-state index in [2.05, 4.69) is 37.9 Å². The Morgan fingerprint density at radius 2 is 1.93 bits per heavy atom. The highest BCUT2D eigenvalue weighted by Gasteiger charge is 2.21. The fourth-order valence-electron chi connectivity index (χ4n) is 3.42. The zero-order valence-electron chi connectivity index (χ0n) is 15.3. The van der Waals surface area contributed by atoms with Crippen LogP contribution in [0.15, 0.2) is 54.9 Å². The third kappa shape index (κ3) is 4.55. The summed E-state index contributed by atoms with van der Waals surface area (Å²) in [5.74, 6) is -0.0638. The lowest BCUT2D eigenvalue weighted by atomic mass is 10.0. The van der Waals surface area contributed by atoms with Crippen LogP contribution >= 0.6 is 11.6 Å². The van der Waals surface area contributed by atoms with Gasteiger partial charge in [0.1, 0.15) is 6.33 Å². The van der Waals surface area contributed by atoms with E-state index in [1.807, 2.05) is 24.3 Å². The first-order chi connectivity index (χ1) is 13.7. The first-order valence-electron chi connectivity index (χ1n) is 9.28. The first kappa shape index (κ1) is 18.6. The number of hydrogen-bond acceptors (Lipinski definition) is 5. The molecule has 7 nitrogen and oxygen atoms in total. The van der Waals surface area contributed by atoms with Gasteiger partial charge in [-0.2, -0.15) is 0 Å². The summed E-state index contributed by atoms with van der Waals surface area (Å²) in [6, 6.07) is 15.5. The van der Waals surface area contributed by atoms with Crippen LogP contribution < -0.4 is 5.32 Å². The van der Waals surface area contributed by atoms with Crippen molar-refractivity contribution in [2.24, 2.45) is 0 Å². The molecule has 144 valence electrons. The third-order valence-electron chi connectivity index (χ3n) is 4.96. The Morgan fingerprint density at radius 1 is 1.14 bits per heavy atom. The number of carbonyl (C=O) groups excluding carboxylic acids is 1. The average Bonchev–Trinajstić information content (AvgIpc) is 3.26. The molecule has 0 saturated carbocycles. The fraction of sp³-hybridized carbons (Fsp3) is 0.300. The molecule has 1 saturated heterocycles. The summed E-state index contributed by atoms with van der Waals surface area (Å²) in [5, 5.41) is 15.0. The molecular weight excluding hydrogens is 376 g/mol. The summed E-state index contributed by atoms with van der Waals surface area (Å²) in [5.41, 5.74) is 2.62. The molecule has 1 fully saturated rings. The lowest BCUT2D eigenvalue weighted by Gasteiger charge is -2.32. The molecule has 0 bridgehead atoms. The Kier molecular flexibility index (Phi) is 5.64. The third-order valence-corrected chi connectivity index (χ3v) is 5.22. The van der Waals surface area contributed by atoms with Gasteiger partial charge in [0.05, 0.1) is 5.69 Å². The van der Waals surface area contributed by atoms with Gasteiger partial charge in [-0.05, 0) is 59.2 Å². The summed E-state index contributed by atoms with van der Waals surface area (Å²) >= 11 is 5.95. The Balaban J connectivity index is 1.30. The van der Waals surface area contributed by atoms with Crippen LogP contribution in [0.5, 0.6) is 0 Å². The highest BCUT2D eigenvalue weighted by atomic mass is 35.5. The van der Waals surface area contributed by atoms with E-state index >= 15 is 0 Å². The highest BCUT2D eigenvalue weighted by Crippen LogP contribution is 2.17. The van der Waals surface area contributed by atoms with E-state index in [0.29, 0.717) is 5.56 Å². The average molecular weight is 397 g/mol. The fourth-order valence-corrected chi connectivity index (χ4v) is 3.55. The molecular formula is C20H21ClN6O. The Bertz CT molecular complexity index is 920. The number of tetrazole rings is 1. The van der Waals surface area contributed by atoms with Gasteiger partial charge in [0.25, 0.3) is 5.91 Å². The monoisotopic (exact) mass is 396 g/mol. The van der Waals surface area contributed by atoms with Crippen LogP contribution in [0.4, 0.5) is 0 Å². The van der Waals surface area contributed by atoms with E-state index in [0.717, 1.165) is 43.2 Å². The molecule has 1 aromatic heterocycles. The molecule has 1 amide bonds. The zero-order chi connectivity index (χ0) is 19.3. The van der Waals surface area contributed by atoms with Gasteiger partial charge in [0.15, 0.2) is 0 Å². The van der Waals surface area contributed by atoms with E-state index in [1.165, 1.54) is 16.6 Å². The van der Waals surface area contributed by atoms with Gasteiger partial charge in [-0.25, -0.2) is 4.68 Å². The number of piperidine rings is 1. The molecule has 4 rings (SSSR count). The van der Waals surface area contributed by atoms with Crippen molar-refractivity contribution >= 4 is 17.5 Å². The molecule has 8 heteroatoms. The van der Waals surface area contributed by atoms with E-state index in [4.69, 9.17) is 11.6 Å². The van der Waals surface area contributed by atoms with E-state index in [-0.39, 0.29) is 11.9 Å². The second kappa shape index (κ2) is 8.50. The number of hydrogen-bond donors (Lipinski definition) is 1. The number of halogens is 1.